The van der Waals surface area contributed by atoms with Gasteiger partial charge in [-0.1, -0.05) is 12.1 Å². The molecule has 1 aromatic carbocycles. The molecule has 0 spiro atoms. The largest absolute Gasteiger partial charge is 0.504 e. The third-order valence-corrected chi connectivity index (χ3v) is 6.29. The van der Waals surface area contributed by atoms with Gasteiger partial charge in [0.2, 0.25) is 6.29 Å². The fourth-order valence-electron chi connectivity index (χ4n) is 4.16. The Morgan fingerprint density at radius 1 is 1.08 bits per heavy atom. The number of hydrogen-bond donors (Lipinski definition) is 6. The van der Waals surface area contributed by atoms with E-state index in [1.54, 1.807) is 19.1 Å². The second-order valence-corrected chi connectivity index (χ2v) is 8.71. The molecule has 0 amide bonds. The molecule has 1 aromatic rings. The van der Waals surface area contributed by atoms with Crippen LogP contribution in [-0.4, -0.2) is 99.9 Å². The van der Waals surface area contributed by atoms with E-state index in [-0.39, 0.29) is 36.5 Å². The van der Waals surface area contributed by atoms with Gasteiger partial charge in [0.05, 0.1) is 38.6 Å². The summed E-state index contributed by atoms with van der Waals surface area (Å²) < 4.78 is 26.7. The van der Waals surface area contributed by atoms with Crippen LogP contribution in [0.25, 0.3) is 0 Å². The van der Waals surface area contributed by atoms with Crippen LogP contribution in [0.3, 0.4) is 0 Å². The highest BCUT2D eigenvalue weighted by molar-refractivity contribution is 5.90. The number of hydrogen-bond acceptors (Lipinski definition) is 13. The van der Waals surface area contributed by atoms with Crippen molar-refractivity contribution in [3.05, 3.63) is 47.2 Å². The number of aliphatic hydroxyl groups is 4. The summed E-state index contributed by atoms with van der Waals surface area (Å²) in [6.07, 6.45) is -6.39. The van der Waals surface area contributed by atoms with Crippen molar-refractivity contribution in [1.29, 1.82) is 0 Å². The number of aromatic hydroxyl groups is 2. The standard InChI is InChI=1S/C25H32O13/c1-3-13-14(9-19(29)35-7-6-12-4-5-16(27)17(28)8-12)15(23(33)34-2)11-36-24(13)38-25-22(32)21(31)20(30)18(10-26)37-25/h3-5,8,11,14,18,20-22,24-28,30-32H,6-7,9-10H2,1-2H3/b13-3+/t14-,18+,20+,21-,22+,24?,25?/m0/s1. The molecule has 2 aliphatic heterocycles. The normalized spacial score (nSPS) is 30.3. The van der Waals surface area contributed by atoms with Crippen LogP contribution in [0.2, 0.25) is 0 Å². The van der Waals surface area contributed by atoms with Gasteiger partial charge in [-0.2, -0.15) is 0 Å². The van der Waals surface area contributed by atoms with Gasteiger partial charge in [0.1, 0.15) is 24.4 Å². The highest BCUT2D eigenvalue weighted by Gasteiger charge is 2.46. The topological polar surface area (TPSA) is 202 Å². The van der Waals surface area contributed by atoms with E-state index in [1.165, 1.54) is 12.1 Å². The predicted molar refractivity (Wildman–Crippen MR) is 126 cm³/mol. The molecule has 0 aliphatic carbocycles. The molecule has 2 heterocycles. The van der Waals surface area contributed by atoms with Crippen LogP contribution < -0.4 is 0 Å². The minimum atomic E-state index is -1.69. The Labute approximate surface area is 218 Å². The van der Waals surface area contributed by atoms with Gasteiger partial charge >= 0.3 is 11.9 Å². The van der Waals surface area contributed by atoms with Crippen molar-refractivity contribution in [2.45, 2.75) is 56.8 Å². The molecule has 0 saturated carbocycles. The Hall–Kier alpha value is -3.20. The van der Waals surface area contributed by atoms with Crippen LogP contribution in [0, 0.1) is 5.92 Å². The van der Waals surface area contributed by atoms with Crippen molar-refractivity contribution < 1.29 is 63.9 Å². The lowest BCUT2D eigenvalue weighted by molar-refractivity contribution is -0.327. The molecule has 13 nitrogen and oxygen atoms in total. The Morgan fingerprint density at radius 2 is 1.82 bits per heavy atom. The van der Waals surface area contributed by atoms with E-state index in [0.717, 1.165) is 13.4 Å². The first-order valence-electron chi connectivity index (χ1n) is 11.8. The summed E-state index contributed by atoms with van der Waals surface area (Å²) >= 11 is 0. The van der Waals surface area contributed by atoms with Gasteiger partial charge in [0.25, 0.3) is 0 Å². The van der Waals surface area contributed by atoms with Crippen LogP contribution >= 0.6 is 0 Å². The van der Waals surface area contributed by atoms with Gasteiger partial charge in [0, 0.05) is 17.9 Å². The summed E-state index contributed by atoms with van der Waals surface area (Å²) in [6.45, 7) is 0.912. The van der Waals surface area contributed by atoms with E-state index in [1.807, 2.05) is 0 Å². The number of rotatable bonds is 9. The molecule has 6 N–H and O–H groups in total. The van der Waals surface area contributed by atoms with Gasteiger partial charge in [-0.25, -0.2) is 4.79 Å². The first kappa shape index (κ1) is 29.4. The summed E-state index contributed by atoms with van der Waals surface area (Å²) in [4.78, 5) is 25.1. The average molecular weight is 541 g/mol. The molecule has 1 saturated heterocycles. The second kappa shape index (κ2) is 13.0. The van der Waals surface area contributed by atoms with Crippen LogP contribution in [0.4, 0.5) is 0 Å². The summed E-state index contributed by atoms with van der Waals surface area (Å²) in [5.74, 6) is -2.89. The molecule has 0 bridgehead atoms. The zero-order chi connectivity index (χ0) is 28.0. The van der Waals surface area contributed by atoms with Crippen LogP contribution in [0.5, 0.6) is 11.5 Å². The Balaban J connectivity index is 1.71. The Morgan fingerprint density at radius 3 is 2.45 bits per heavy atom. The van der Waals surface area contributed by atoms with Crippen molar-refractivity contribution in [2.75, 3.05) is 20.3 Å². The van der Waals surface area contributed by atoms with Crippen molar-refractivity contribution in [3.8, 4) is 11.5 Å². The van der Waals surface area contributed by atoms with E-state index >= 15 is 0 Å². The molecule has 2 unspecified atom stereocenters. The number of methoxy groups -OCH3 is 1. The minimum Gasteiger partial charge on any atom is -0.504 e. The zero-order valence-corrected chi connectivity index (χ0v) is 20.8. The Kier molecular flexibility index (Phi) is 10.1. The van der Waals surface area contributed by atoms with E-state index in [4.69, 9.17) is 23.7 Å². The summed E-state index contributed by atoms with van der Waals surface area (Å²) in [7, 11) is 1.16. The van der Waals surface area contributed by atoms with Gasteiger partial charge in [-0.3, -0.25) is 4.79 Å². The highest BCUT2D eigenvalue weighted by Crippen LogP contribution is 2.36. The minimum absolute atomic E-state index is 0.00894. The lowest BCUT2D eigenvalue weighted by Crippen LogP contribution is -2.60. The van der Waals surface area contributed by atoms with Crippen molar-refractivity contribution in [2.24, 2.45) is 5.92 Å². The van der Waals surface area contributed by atoms with E-state index in [2.05, 4.69) is 0 Å². The van der Waals surface area contributed by atoms with Gasteiger partial charge in [0.15, 0.2) is 17.8 Å². The second-order valence-electron chi connectivity index (χ2n) is 8.71. The molecule has 1 fully saturated rings. The van der Waals surface area contributed by atoms with Gasteiger partial charge in [-0.05, 0) is 24.6 Å². The zero-order valence-electron chi connectivity index (χ0n) is 20.8. The molecule has 210 valence electrons. The first-order valence-corrected chi connectivity index (χ1v) is 11.8. The fraction of sp³-hybridized carbons (Fsp3) is 0.520. The predicted octanol–water partition coefficient (Wildman–Crippen LogP) is -0.634. The SMILES string of the molecule is C/C=C1/C(OC2O[C@H](CO)[C@@H](O)[C@H](O)[C@H]2O)OC=C(C(=O)OC)[C@H]1CC(=O)OCCc1ccc(O)c(O)c1. The lowest BCUT2D eigenvalue weighted by Gasteiger charge is -2.41. The van der Waals surface area contributed by atoms with Gasteiger partial charge in [-0.15, -0.1) is 0 Å². The smallest absolute Gasteiger partial charge is 0.337 e. The van der Waals surface area contributed by atoms with Gasteiger partial charge < -0.3 is 54.3 Å². The molecule has 0 aromatic heterocycles. The number of ether oxygens (including phenoxy) is 5. The van der Waals surface area contributed by atoms with Crippen LogP contribution in [-0.2, 0) is 39.7 Å². The quantitative estimate of drug-likeness (QED) is 0.131. The average Bonchev–Trinajstić information content (AvgIpc) is 2.90. The monoisotopic (exact) mass is 540 g/mol. The highest BCUT2D eigenvalue weighted by atomic mass is 16.8. The molecular formula is C25H32O13. The molecule has 3 rings (SSSR count). The van der Waals surface area contributed by atoms with Crippen molar-refractivity contribution in [1.82, 2.24) is 0 Å². The van der Waals surface area contributed by atoms with Crippen LogP contribution in [0.1, 0.15) is 18.9 Å². The molecule has 7 atom stereocenters. The summed E-state index contributed by atoms with van der Waals surface area (Å²) in [6, 6.07) is 4.23. The number of benzene rings is 1. The number of phenols is 2. The molecule has 38 heavy (non-hydrogen) atoms. The first-order chi connectivity index (χ1) is 18.1. The summed E-state index contributed by atoms with van der Waals surface area (Å²) in [5.41, 5.74) is 0.927. The fourth-order valence-corrected chi connectivity index (χ4v) is 4.16. The van der Waals surface area contributed by atoms with Crippen molar-refractivity contribution in [3.63, 3.8) is 0 Å². The Bertz CT molecular complexity index is 1050. The third kappa shape index (κ3) is 6.62. The molecule has 0 radical (unpaired) electrons. The number of esters is 2. The maximum Gasteiger partial charge on any atom is 0.337 e. The lowest BCUT2D eigenvalue weighted by atomic mass is 9.86. The van der Waals surface area contributed by atoms with Crippen molar-refractivity contribution >= 4 is 11.9 Å². The van der Waals surface area contributed by atoms with Crippen LogP contribution in [0.15, 0.2) is 41.7 Å². The summed E-state index contributed by atoms with van der Waals surface area (Å²) in [5, 5.41) is 58.8. The maximum atomic E-state index is 12.7. The molecule has 13 heteroatoms. The number of carbonyl (C=O) groups is 2. The number of allylic oxidation sites excluding steroid dienone is 1. The number of carbonyl (C=O) groups excluding carboxylic acids is 2. The number of aliphatic hydroxyl groups excluding tert-OH is 4. The molecular weight excluding hydrogens is 508 g/mol. The maximum absolute atomic E-state index is 12.7. The van der Waals surface area contributed by atoms with E-state index < -0.39 is 61.5 Å². The molecule has 2 aliphatic rings. The number of phenolic OH excluding ortho intramolecular Hbond substituents is 2. The van der Waals surface area contributed by atoms with E-state index in [0.29, 0.717) is 11.1 Å². The van der Waals surface area contributed by atoms with E-state index in [9.17, 15) is 40.2 Å². The third-order valence-electron chi connectivity index (χ3n) is 6.29.